The van der Waals surface area contributed by atoms with Crippen LogP contribution in [0.5, 0.6) is 0 Å². The zero-order valence-corrected chi connectivity index (χ0v) is 14.8. The lowest BCUT2D eigenvalue weighted by molar-refractivity contribution is 0.267. The summed E-state index contributed by atoms with van der Waals surface area (Å²) in [6.45, 7) is 3.49. The van der Waals surface area contributed by atoms with E-state index in [1.54, 1.807) is 0 Å². The Balaban J connectivity index is 0.00000169. The standard InChI is InChI=1S/C21H24N2.ClH/c1-2-8-17(9-3-1)10-6-14-23-15-7-13-21-19(16-23)18-11-4-5-12-20(18)22-21;/h1-5,8-9,11-12,22H,6-7,10,13-16H2;1H. The summed E-state index contributed by atoms with van der Waals surface area (Å²) in [5, 5.41) is 1.41. The van der Waals surface area contributed by atoms with Crippen LogP contribution >= 0.6 is 12.4 Å². The third kappa shape index (κ3) is 3.66. The maximum absolute atomic E-state index is 3.63. The summed E-state index contributed by atoms with van der Waals surface area (Å²) >= 11 is 0. The van der Waals surface area contributed by atoms with Gasteiger partial charge in [0, 0.05) is 23.1 Å². The summed E-state index contributed by atoms with van der Waals surface area (Å²) < 4.78 is 0. The Hall–Kier alpha value is -1.77. The van der Waals surface area contributed by atoms with Gasteiger partial charge in [0.2, 0.25) is 0 Å². The normalized spacial score (nSPS) is 14.8. The van der Waals surface area contributed by atoms with E-state index in [4.69, 9.17) is 0 Å². The fourth-order valence-corrected chi connectivity index (χ4v) is 3.77. The highest BCUT2D eigenvalue weighted by Gasteiger charge is 2.18. The fourth-order valence-electron chi connectivity index (χ4n) is 3.77. The van der Waals surface area contributed by atoms with Gasteiger partial charge in [-0.15, -0.1) is 12.4 Å². The van der Waals surface area contributed by atoms with Gasteiger partial charge in [0.05, 0.1) is 0 Å². The summed E-state index contributed by atoms with van der Waals surface area (Å²) in [6.07, 6.45) is 4.85. The molecule has 0 unspecified atom stereocenters. The molecule has 3 aromatic rings. The molecule has 0 radical (unpaired) electrons. The van der Waals surface area contributed by atoms with Crippen molar-refractivity contribution in [2.45, 2.75) is 32.2 Å². The number of nitrogens with zero attached hydrogens (tertiary/aromatic N) is 1. The minimum atomic E-state index is 0. The van der Waals surface area contributed by atoms with Crippen LogP contribution in [0.1, 0.15) is 29.7 Å². The number of aromatic nitrogens is 1. The van der Waals surface area contributed by atoms with E-state index in [1.807, 2.05) is 0 Å². The average molecular weight is 341 g/mol. The SMILES string of the molecule is Cl.c1ccc(CCCN2CCCc3[nH]c4ccccc4c3C2)cc1. The number of aryl methyl sites for hydroxylation is 2. The van der Waals surface area contributed by atoms with E-state index in [2.05, 4.69) is 64.5 Å². The summed E-state index contributed by atoms with van der Waals surface area (Å²) in [5.41, 5.74) is 5.73. The van der Waals surface area contributed by atoms with E-state index in [0.717, 1.165) is 6.54 Å². The first kappa shape index (κ1) is 17.1. The number of hydrogen-bond acceptors (Lipinski definition) is 1. The third-order valence-electron chi connectivity index (χ3n) is 4.97. The minimum absolute atomic E-state index is 0. The Morgan fingerprint density at radius 1 is 0.958 bits per heavy atom. The molecule has 2 heterocycles. The summed E-state index contributed by atoms with van der Waals surface area (Å²) in [7, 11) is 0. The van der Waals surface area contributed by atoms with Crippen molar-refractivity contribution in [1.82, 2.24) is 9.88 Å². The molecule has 24 heavy (non-hydrogen) atoms. The van der Waals surface area contributed by atoms with Gasteiger partial charge in [-0.25, -0.2) is 0 Å². The Morgan fingerprint density at radius 3 is 2.62 bits per heavy atom. The first-order valence-corrected chi connectivity index (χ1v) is 8.75. The maximum Gasteiger partial charge on any atom is 0.0459 e. The van der Waals surface area contributed by atoms with Crippen LogP contribution in [0.3, 0.4) is 0 Å². The molecular weight excluding hydrogens is 316 g/mol. The second-order valence-corrected chi connectivity index (χ2v) is 6.60. The molecular formula is C21H25ClN2. The molecule has 0 saturated carbocycles. The van der Waals surface area contributed by atoms with Gasteiger partial charge in [-0.2, -0.15) is 0 Å². The van der Waals surface area contributed by atoms with Crippen LogP contribution in [0.15, 0.2) is 54.6 Å². The molecule has 1 N–H and O–H groups in total. The van der Waals surface area contributed by atoms with Gasteiger partial charge in [-0.1, -0.05) is 48.5 Å². The van der Waals surface area contributed by atoms with Crippen molar-refractivity contribution in [1.29, 1.82) is 0 Å². The van der Waals surface area contributed by atoms with Crippen molar-refractivity contribution in [2.24, 2.45) is 0 Å². The number of aromatic amines is 1. The number of fused-ring (bicyclic) bond motifs is 3. The smallest absolute Gasteiger partial charge is 0.0459 e. The number of hydrogen-bond donors (Lipinski definition) is 1. The number of nitrogens with one attached hydrogen (secondary N) is 1. The highest BCUT2D eigenvalue weighted by molar-refractivity contribution is 5.85. The lowest BCUT2D eigenvalue weighted by Gasteiger charge is -2.20. The van der Waals surface area contributed by atoms with Crippen LogP contribution in [0.25, 0.3) is 10.9 Å². The lowest BCUT2D eigenvalue weighted by Crippen LogP contribution is -2.24. The highest BCUT2D eigenvalue weighted by atomic mass is 35.5. The molecule has 0 aliphatic carbocycles. The Morgan fingerprint density at radius 2 is 1.75 bits per heavy atom. The monoisotopic (exact) mass is 340 g/mol. The van der Waals surface area contributed by atoms with Crippen molar-refractivity contribution in [2.75, 3.05) is 13.1 Å². The van der Waals surface area contributed by atoms with Crippen molar-refractivity contribution >= 4 is 23.3 Å². The molecule has 0 saturated heterocycles. The van der Waals surface area contributed by atoms with E-state index in [0.29, 0.717) is 0 Å². The van der Waals surface area contributed by atoms with Gasteiger partial charge < -0.3 is 4.98 Å². The first-order valence-electron chi connectivity index (χ1n) is 8.75. The predicted molar refractivity (Wildman–Crippen MR) is 104 cm³/mol. The highest BCUT2D eigenvalue weighted by Crippen LogP contribution is 2.27. The van der Waals surface area contributed by atoms with Gasteiger partial charge in [0.15, 0.2) is 0 Å². The van der Waals surface area contributed by atoms with Gasteiger partial charge in [0.25, 0.3) is 0 Å². The van der Waals surface area contributed by atoms with Gasteiger partial charge in [-0.05, 0) is 56.0 Å². The van der Waals surface area contributed by atoms with Crippen LogP contribution in [0, 0.1) is 0 Å². The minimum Gasteiger partial charge on any atom is -0.358 e. The zero-order valence-electron chi connectivity index (χ0n) is 14.0. The largest absolute Gasteiger partial charge is 0.358 e. The number of H-pyrrole nitrogens is 1. The van der Waals surface area contributed by atoms with E-state index in [1.165, 1.54) is 66.5 Å². The van der Waals surface area contributed by atoms with E-state index >= 15 is 0 Å². The number of benzene rings is 2. The Labute approximate surface area is 150 Å². The quantitative estimate of drug-likeness (QED) is 0.710. The first-order chi connectivity index (χ1) is 11.4. The third-order valence-corrected chi connectivity index (χ3v) is 4.97. The molecule has 3 heteroatoms. The molecule has 1 aromatic heterocycles. The number of rotatable bonds is 4. The van der Waals surface area contributed by atoms with Crippen molar-refractivity contribution in [3.05, 3.63) is 71.4 Å². The van der Waals surface area contributed by atoms with Crippen molar-refractivity contribution in [3.63, 3.8) is 0 Å². The van der Waals surface area contributed by atoms with E-state index < -0.39 is 0 Å². The van der Waals surface area contributed by atoms with Gasteiger partial charge >= 0.3 is 0 Å². The molecule has 126 valence electrons. The van der Waals surface area contributed by atoms with Crippen molar-refractivity contribution in [3.8, 4) is 0 Å². The molecule has 0 spiro atoms. The molecule has 1 aliphatic rings. The fraction of sp³-hybridized carbons (Fsp3) is 0.333. The molecule has 4 rings (SSSR count). The Kier molecular flexibility index (Phi) is 5.60. The van der Waals surface area contributed by atoms with Crippen LogP contribution in [0.2, 0.25) is 0 Å². The molecule has 0 amide bonds. The molecule has 2 nitrogen and oxygen atoms in total. The predicted octanol–water partition coefficient (Wildman–Crippen LogP) is 4.97. The van der Waals surface area contributed by atoms with Crippen LogP contribution in [-0.2, 0) is 19.4 Å². The number of halogens is 1. The molecule has 2 aromatic carbocycles. The second kappa shape index (κ2) is 7.87. The Bertz CT molecular complexity index is 779. The van der Waals surface area contributed by atoms with Crippen LogP contribution < -0.4 is 0 Å². The van der Waals surface area contributed by atoms with Gasteiger partial charge in [0.1, 0.15) is 0 Å². The van der Waals surface area contributed by atoms with Crippen LogP contribution in [-0.4, -0.2) is 23.0 Å². The zero-order chi connectivity index (χ0) is 15.5. The average Bonchev–Trinajstić information content (AvgIpc) is 2.81. The van der Waals surface area contributed by atoms with E-state index in [-0.39, 0.29) is 12.4 Å². The van der Waals surface area contributed by atoms with Gasteiger partial charge in [-0.3, -0.25) is 4.90 Å². The van der Waals surface area contributed by atoms with E-state index in [9.17, 15) is 0 Å². The summed E-state index contributed by atoms with van der Waals surface area (Å²) in [4.78, 5) is 6.27. The number of para-hydroxylation sites is 1. The second-order valence-electron chi connectivity index (χ2n) is 6.60. The lowest BCUT2D eigenvalue weighted by atomic mass is 10.1. The molecule has 1 aliphatic heterocycles. The topological polar surface area (TPSA) is 19.0 Å². The maximum atomic E-state index is 3.63. The van der Waals surface area contributed by atoms with Crippen LogP contribution in [0.4, 0.5) is 0 Å². The molecule has 0 fully saturated rings. The molecule has 0 bridgehead atoms. The summed E-state index contributed by atoms with van der Waals surface area (Å²) in [5.74, 6) is 0. The van der Waals surface area contributed by atoms with Crippen molar-refractivity contribution < 1.29 is 0 Å². The summed E-state index contributed by atoms with van der Waals surface area (Å²) in [6, 6.07) is 19.6. The molecule has 0 atom stereocenters.